The van der Waals surface area contributed by atoms with Crippen LogP contribution in [0.5, 0.6) is 11.5 Å². The molecule has 0 heterocycles. The zero-order valence-electron chi connectivity index (χ0n) is 13.5. The van der Waals surface area contributed by atoms with Crippen LogP contribution in [0.3, 0.4) is 0 Å². The molecule has 5 heteroatoms. The number of nitrogens with one attached hydrogen (secondary N) is 1. The first-order valence-electron chi connectivity index (χ1n) is 7.61. The van der Waals surface area contributed by atoms with Crippen molar-refractivity contribution in [2.75, 3.05) is 38.3 Å². The second-order valence-electron chi connectivity index (χ2n) is 4.25. The van der Waals surface area contributed by atoms with Crippen molar-refractivity contribution in [3.05, 3.63) is 18.2 Å². The number of benzene rings is 1. The van der Waals surface area contributed by atoms with E-state index in [0.717, 1.165) is 17.2 Å². The van der Waals surface area contributed by atoms with Gasteiger partial charge in [0.05, 0.1) is 25.4 Å². The van der Waals surface area contributed by atoms with Crippen molar-refractivity contribution in [1.29, 1.82) is 0 Å². The van der Waals surface area contributed by atoms with Gasteiger partial charge in [-0.05, 0) is 39.8 Å². The molecule has 0 aliphatic rings. The molecule has 0 aromatic heterocycles. The Morgan fingerprint density at radius 1 is 0.905 bits per heavy atom. The highest BCUT2D eigenvalue weighted by molar-refractivity contribution is 5.59. The summed E-state index contributed by atoms with van der Waals surface area (Å²) in [5.41, 5.74) is 0.882. The van der Waals surface area contributed by atoms with Gasteiger partial charge in [0.1, 0.15) is 11.5 Å². The van der Waals surface area contributed by atoms with Crippen LogP contribution in [0.25, 0.3) is 0 Å². The smallest absolute Gasteiger partial charge is 0.174 e. The first-order chi connectivity index (χ1) is 10.2. The molecule has 1 aromatic carbocycles. The number of hydrogen-bond acceptors (Lipinski definition) is 5. The lowest BCUT2D eigenvalue weighted by Crippen LogP contribution is -2.26. The summed E-state index contributed by atoms with van der Waals surface area (Å²) in [4.78, 5) is 0. The third kappa shape index (κ3) is 6.23. The third-order valence-electron chi connectivity index (χ3n) is 2.73. The Morgan fingerprint density at radius 3 is 2.14 bits per heavy atom. The van der Waals surface area contributed by atoms with Gasteiger partial charge in [-0.15, -0.1) is 0 Å². The molecular weight excluding hydrogens is 270 g/mol. The van der Waals surface area contributed by atoms with Crippen molar-refractivity contribution in [2.24, 2.45) is 0 Å². The molecule has 0 amide bonds. The highest BCUT2D eigenvalue weighted by atomic mass is 16.7. The van der Waals surface area contributed by atoms with Crippen molar-refractivity contribution < 1.29 is 18.9 Å². The van der Waals surface area contributed by atoms with Gasteiger partial charge in [0.25, 0.3) is 0 Å². The Morgan fingerprint density at radius 2 is 1.57 bits per heavy atom. The van der Waals surface area contributed by atoms with Crippen LogP contribution in [0.4, 0.5) is 5.69 Å². The monoisotopic (exact) mass is 297 g/mol. The van der Waals surface area contributed by atoms with Crippen LogP contribution in [-0.4, -0.2) is 39.3 Å². The van der Waals surface area contributed by atoms with Crippen LogP contribution in [-0.2, 0) is 9.47 Å². The SMILES string of the molecule is CCOc1ccc(OCC)c(NCC(OCC)OCC)c1. The molecule has 1 N–H and O–H groups in total. The quantitative estimate of drug-likeness (QED) is 0.635. The van der Waals surface area contributed by atoms with Crippen LogP contribution >= 0.6 is 0 Å². The fourth-order valence-electron chi connectivity index (χ4n) is 1.92. The van der Waals surface area contributed by atoms with E-state index in [1.54, 1.807) is 0 Å². The van der Waals surface area contributed by atoms with Gasteiger partial charge in [-0.2, -0.15) is 0 Å². The van der Waals surface area contributed by atoms with Gasteiger partial charge in [0, 0.05) is 19.3 Å². The maximum absolute atomic E-state index is 5.62. The number of rotatable bonds is 11. The molecule has 1 aromatic rings. The molecule has 5 nitrogen and oxygen atoms in total. The van der Waals surface area contributed by atoms with E-state index in [2.05, 4.69) is 5.32 Å². The molecule has 0 saturated carbocycles. The second-order valence-corrected chi connectivity index (χ2v) is 4.25. The van der Waals surface area contributed by atoms with Gasteiger partial charge < -0.3 is 24.3 Å². The van der Waals surface area contributed by atoms with Crippen LogP contribution in [0.1, 0.15) is 27.7 Å². The van der Waals surface area contributed by atoms with E-state index in [1.807, 2.05) is 45.9 Å². The fourth-order valence-corrected chi connectivity index (χ4v) is 1.92. The first kappa shape index (κ1) is 17.6. The van der Waals surface area contributed by atoms with E-state index in [4.69, 9.17) is 18.9 Å². The summed E-state index contributed by atoms with van der Waals surface area (Å²) >= 11 is 0. The lowest BCUT2D eigenvalue weighted by atomic mass is 10.2. The molecule has 0 unspecified atom stereocenters. The lowest BCUT2D eigenvalue weighted by molar-refractivity contribution is -0.126. The van der Waals surface area contributed by atoms with E-state index < -0.39 is 0 Å². The van der Waals surface area contributed by atoms with Gasteiger partial charge in [0.2, 0.25) is 0 Å². The second kappa shape index (κ2) is 10.3. The molecule has 1 rings (SSSR count). The van der Waals surface area contributed by atoms with E-state index in [-0.39, 0.29) is 6.29 Å². The fraction of sp³-hybridized carbons (Fsp3) is 0.625. The zero-order valence-corrected chi connectivity index (χ0v) is 13.5. The molecule has 0 saturated heterocycles. The molecule has 120 valence electrons. The Bertz CT molecular complexity index is 392. The number of ether oxygens (including phenoxy) is 4. The number of anilines is 1. The maximum Gasteiger partial charge on any atom is 0.174 e. The zero-order chi connectivity index (χ0) is 15.5. The third-order valence-corrected chi connectivity index (χ3v) is 2.73. The highest BCUT2D eigenvalue weighted by Gasteiger charge is 2.11. The predicted octanol–water partition coefficient (Wildman–Crippen LogP) is 3.30. The molecule has 21 heavy (non-hydrogen) atoms. The summed E-state index contributed by atoms with van der Waals surface area (Å²) in [6.07, 6.45) is -0.273. The Balaban J connectivity index is 2.74. The van der Waals surface area contributed by atoms with Gasteiger partial charge in [-0.3, -0.25) is 0 Å². The minimum Gasteiger partial charge on any atom is -0.494 e. The van der Waals surface area contributed by atoms with Gasteiger partial charge in [0.15, 0.2) is 6.29 Å². The Labute approximate surface area is 127 Å². The molecule has 0 radical (unpaired) electrons. The maximum atomic E-state index is 5.62. The standard InChI is InChI=1S/C16H27NO4/c1-5-18-13-9-10-15(19-6-2)14(11-13)17-12-16(20-7-3)21-8-4/h9-11,16-17H,5-8,12H2,1-4H3. The van der Waals surface area contributed by atoms with E-state index >= 15 is 0 Å². The van der Waals surface area contributed by atoms with Crippen LogP contribution in [0.15, 0.2) is 18.2 Å². The molecule has 0 atom stereocenters. The van der Waals surface area contributed by atoms with Gasteiger partial charge in [-0.25, -0.2) is 0 Å². The summed E-state index contributed by atoms with van der Waals surface area (Å²) in [7, 11) is 0. The molecule has 0 spiro atoms. The van der Waals surface area contributed by atoms with Crippen molar-refractivity contribution >= 4 is 5.69 Å². The van der Waals surface area contributed by atoms with Crippen LogP contribution in [0, 0.1) is 0 Å². The molecule has 0 fully saturated rings. The largest absolute Gasteiger partial charge is 0.494 e. The average Bonchev–Trinajstić information content (AvgIpc) is 2.48. The minimum absolute atomic E-state index is 0.273. The average molecular weight is 297 g/mol. The highest BCUT2D eigenvalue weighted by Crippen LogP contribution is 2.29. The van der Waals surface area contributed by atoms with Crippen LogP contribution < -0.4 is 14.8 Å². The van der Waals surface area contributed by atoms with Crippen molar-refractivity contribution in [3.63, 3.8) is 0 Å². The van der Waals surface area contributed by atoms with E-state index in [0.29, 0.717) is 33.0 Å². The Kier molecular flexibility index (Phi) is 8.62. The summed E-state index contributed by atoms with van der Waals surface area (Å²) in [6.45, 7) is 10.9. The lowest BCUT2D eigenvalue weighted by Gasteiger charge is -2.20. The summed E-state index contributed by atoms with van der Waals surface area (Å²) in [5, 5.41) is 3.31. The predicted molar refractivity (Wildman–Crippen MR) is 84.3 cm³/mol. The molecule has 0 aliphatic heterocycles. The summed E-state index contributed by atoms with van der Waals surface area (Å²) < 4.78 is 22.2. The topological polar surface area (TPSA) is 49.0 Å². The van der Waals surface area contributed by atoms with Gasteiger partial charge >= 0.3 is 0 Å². The number of hydrogen-bond donors (Lipinski definition) is 1. The molecular formula is C16H27NO4. The first-order valence-corrected chi connectivity index (χ1v) is 7.61. The summed E-state index contributed by atoms with van der Waals surface area (Å²) in [5.74, 6) is 1.61. The van der Waals surface area contributed by atoms with Gasteiger partial charge in [-0.1, -0.05) is 0 Å². The summed E-state index contributed by atoms with van der Waals surface area (Å²) in [6, 6.07) is 5.75. The van der Waals surface area contributed by atoms with E-state index in [1.165, 1.54) is 0 Å². The Hall–Kier alpha value is -1.46. The molecule has 0 aliphatic carbocycles. The van der Waals surface area contributed by atoms with Crippen molar-refractivity contribution in [2.45, 2.75) is 34.0 Å². The molecule has 0 bridgehead atoms. The van der Waals surface area contributed by atoms with Crippen molar-refractivity contribution in [3.8, 4) is 11.5 Å². The minimum atomic E-state index is -0.273. The normalized spacial score (nSPS) is 10.7. The van der Waals surface area contributed by atoms with Crippen molar-refractivity contribution in [1.82, 2.24) is 0 Å². The van der Waals surface area contributed by atoms with E-state index in [9.17, 15) is 0 Å². The van der Waals surface area contributed by atoms with Crippen LogP contribution in [0.2, 0.25) is 0 Å².